The van der Waals surface area contributed by atoms with Gasteiger partial charge in [0.2, 0.25) is 5.91 Å². The van der Waals surface area contributed by atoms with Gasteiger partial charge >= 0.3 is 6.09 Å². The number of nitrogens with zero attached hydrogens (tertiary/aromatic N) is 2. The first-order valence-corrected chi connectivity index (χ1v) is 11.5. The van der Waals surface area contributed by atoms with Crippen molar-refractivity contribution in [3.63, 3.8) is 0 Å². The Balaban J connectivity index is 1.46. The van der Waals surface area contributed by atoms with E-state index in [2.05, 4.69) is 15.2 Å². The Bertz CT molecular complexity index is 1180. The van der Waals surface area contributed by atoms with Crippen LogP contribution in [0.25, 0.3) is 16.5 Å². The smallest absolute Gasteiger partial charge is 0.408 e. The van der Waals surface area contributed by atoms with Gasteiger partial charge in [0, 0.05) is 47.9 Å². The number of fused-ring (bicyclic) bond motifs is 1. The zero-order valence-electron chi connectivity index (χ0n) is 19.9. The second-order valence-electron chi connectivity index (χ2n) is 9.77. The van der Waals surface area contributed by atoms with Crippen LogP contribution in [0.4, 0.5) is 4.79 Å². The highest BCUT2D eigenvalue weighted by molar-refractivity contribution is 6.35. The number of alkyl carbamates (subject to hydrolysis) is 1. The summed E-state index contributed by atoms with van der Waals surface area (Å²) >= 11 is 0. The number of carbonyl (C=O) groups is 4. The second kappa shape index (κ2) is 8.96. The Morgan fingerprint density at radius 1 is 1.15 bits per heavy atom. The average Bonchev–Trinajstić information content (AvgIpc) is 3.31. The molecule has 1 atom stereocenters. The number of para-hydroxylation sites is 1. The van der Waals surface area contributed by atoms with E-state index in [1.807, 2.05) is 30.5 Å². The molecule has 2 N–H and O–H groups in total. The van der Waals surface area contributed by atoms with E-state index in [0.717, 1.165) is 29.3 Å². The summed E-state index contributed by atoms with van der Waals surface area (Å²) in [5.74, 6) is -0.939. The lowest BCUT2D eigenvalue weighted by molar-refractivity contribution is -0.134. The van der Waals surface area contributed by atoms with Gasteiger partial charge in [-0.15, -0.1) is 0 Å². The molecule has 1 saturated heterocycles. The molecule has 0 radical (unpaired) electrons. The first-order chi connectivity index (χ1) is 16.0. The predicted molar refractivity (Wildman–Crippen MR) is 127 cm³/mol. The topological polar surface area (TPSA) is 110 Å². The zero-order chi connectivity index (χ0) is 24.6. The number of hydrogen-bond acceptors (Lipinski definition) is 5. The molecule has 0 unspecified atom stereocenters. The quantitative estimate of drug-likeness (QED) is 0.674. The van der Waals surface area contributed by atoms with E-state index in [4.69, 9.17) is 4.74 Å². The number of ether oxygens (including phenoxy) is 1. The minimum atomic E-state index is -0.684. The first-order valence-electron chi connectivity index (χ1n) is 11.5. The molecule has 0 saturated carbocycles. The molecule has 9 nitrogen and oxygen atoms in total. The molecule has 2 aromatic rings. The Morgan fingerprint density at radius 3 is 2.44 bits per heavy atom. The highest BCUT2D eigenvalue weighted by atomic mass is 16.6. The molecule has 4 rings (SSSR count). The van der Waals surface area contributed by atoms with Gasteiger partial charge in [0.05, 0.1) is 5.57 Å². The molecular weight excluding hydrogens is 436 g/mol. The molecule has 34 heavy (non-hydrogen) atoms. The summed E-state index contributed by atoms with van der Waals surface area (Å²) in [6.45, 7) is 8.07. The molecule has 1 aromatic carbocycles. The maximum Gasteiger partial charge on any atom is 0.408 e. The van der Waals surface area contributed by atoms with E-state index < -0.39 is 23.6 Å². The fourth-order valence-corrected chi connectivity index (χ4v) is 4.52. The summed E-state index contributed by atoms with van der Waals surface area (Å²) in [6, 6.07) is 7.25. The van der Waals surface area contributed by atoms with Crippen molar-refractivity contribution < 1.29 is 23.9 Å². The fraction of sp³-hybridized carbons (Fsp3) is 0.440. The van der Waals surface area contributed by atoms with Crippen LogP contribution in [0.5, 0.6) is 0 Å². The highest BCUT2D eigenvalue weighted by Gasteiger charge is 2.31. The van der Waals surface area contributed by atoms with Gasteiger partial charge in [-0.05, 0) is 46.6 Å². The Kier molecular flexibility index (Phi) is 6.20. The molecular formula is C25H30N4O5. The third-order valence-corrected chi connectivity index (χ3v) is 6.06. The van der Waals surface area contributed by atoms with E-state index in [1.54, 1.807) is 32.6 Å². The molecule has 180 valence electrons. The van der Waals surface area contributed by atoms with Crippen molar-refractivity contribution in [3.05, 3.63) is 42.1 Å². The summed E-state index contributed by atoms with van der Waals surface area (Å²) in [7, 11) is 0. The molecule has 1 fully saturated rings. The normalized spacial score (nSPS) is 18.0. The predicted octanol–water partition coefficient (Wildman–Crippen LogP) is 2.76. The molecule has 3 heterocycles. The van der Waals surface area contributed by atoms with Crippen molar-refractivity contribution in [1.82, 2.24) is 20.1 Å². The number of carbonyl (C=O) groups excluding carboxylic acids is 4. The number of nitrogens with one attached hydrogen (secondary N) is 2. The minimum Gasteiger partial charge on any atom is -0.444 e. The molecule has 2 aliphatic heterocycles. The van der Waals surface area contributed by atoms with Crippen LogP contribution in [-0.4, -0.2) is 58.0 Å². The maximum atomic E-state index is 12.9. The molecule has 1 aromatic heterocycles. The minimum absolute atomic E-state index is 0.137. The Morgan fingerprint density at radius 2 is 1.82 bits per heavy atom. The lowest BCUT2D eigenvalue weighted by Gasteiger charge is -2.34. The third kappa shape index (κ3) is 4.83. The summed E-state index contributed by atoms with van der Waals surface area (Å²) in [5.41, 5.74) is 1.45. The van der Waals surface area contributed by atoms with Crippen LogP contribution >= 0.6 is 0 Å². The largest absolute Gasteiger partial charge is 0.444 e. The molecule has 0 aliphatic carbocycles. The van der Waals surface area contributed by atoms with Crippen LogP contribution < -0.4 is 10.6 Å². The molecule has 0 bridgehead atoms. The van der Waals surface area contributed by atoms with Crippen LogP contribution in [0.3, 0.4) is 0 Å². The lowest BCUT2D eigenvalue weighted by Crippen LogP contribution is -2.50. The Labute approximate surface area is 198 Å². The fourth-order valence-electron chi connectivity index (χ4n) is 4.52. The van der Waals surface area contributed by atoms with Crippen LogP contribution in [0.15, 0.2) is 36.5 Å². The van der Waals surface area contributed by atoms with Gasteiger partial charge in [-0.1, -0.05) is 18.2 Å². The number of rotatable bonds is 4. The van der Waals surface area contributed by atoms with Gasteiger partial charge in [-0.25, -0.2) is 4.79 Å². The SMILES string of the molecule is C[C@H](NC(=O)OC(C)(C)C)C(=O)N1CCC(n2cc(C3=CC(=O)NC3=O)c3ccccc32)CC1. The molecule has 9 heteroatoms. The third-order valence-electron chi connectivity index (χ3n) is 6.06. The van der Waals surface area contributed by atoms with Gasteiger partial charge < -0.3 is 19.5 Å². The second-order valence-corrected chi connectivity index (χ2v) is 9.77. The van der Waals surface area contributed by atoms with Crippen molar-refractivity contribution in [2.45, 2.75) is 58.2 Å². The monoisotopic (exact) mass is 466 g/mol. The molecule has 0 spiro atoms. The summed E-state index contributed by atoms with van der Waals surface area (Å²) in [6.07, 6.45) is 4.12. The zero-order valence-corrected chi connectivity index (χ0v) is 19.9. The standard InChI is InChI=1S/C25H30N4O5/c1-15(26-24(33)34-25(2,3)4)23(32)28-11-9-16(10-12-28)29-14-19(17-7-5-6-8-20(17)29)18-13-21(30)27-22(18)31/h5-8,13-16H,9-12H2,1-4H3,(H,26,33)(H,27,30,31)/t15-/m0/s1. The van der Waals surface area contributed by atoms with Crippen LogP contribution in [0.2, 0.25) is 0 Å². The van der Waals surface area contributed by atoms with Gasteiger partial charge in [-0.2, -0.15) is 0 Å². The van der Waals surface area contributed by atoms with Crippen LogP contribution in [0, 0.1) is 0 Å². The highest BCUT2D eigenvalue weighted by Crippen LogP contribution is 2.34. The summed E-state index contributed by atoms with van der Waals surface area (Å²) in [4.78, 5) is 50.6. The van der Waals surface area contributed by atoms with E-state index in [9.17, 15) is 19.2 Å². The van der Waals surface area contributed by atoms with Crippen molar-refractivity contribution in [1.29, 1.82) is 0 Å². The van der Waals surface area contributed by atoms with Gasteiger partial charge in [0.15, 0.2) is 0 Å². The van der Waals surface area contributed by atoms with Gasteiger partial charge in [0.25, 0.3) is 11.8 Å². The van der Waals surface area contributed by atoms with Crippen LogP contribution in [-0.2, 0) is 19.1 Å². The summed E-state index contributed by atoms with van der Waals surface area (Å²) in [5, 5.41) is 5.83. The van der Waals surface area contributed by atoms with Crippen molar-refractivity contribution in [2.24, 2.45) is 0 Å². The Hall–Kier alpha value is -3.62. The van der Waals surface area contributed by atoms with E-state index in [-0.39, 0.29) is 17.9 Å². The number of aromatic nitrogens is 1. The van der Waals surface area contributed by atoms with E-state index >= 15 is 0 Å². The van der Waals surface area contributed by atoms with Gasteiger partial charge in [-0.3, -0.25) is 19.7 Å². The lowest BCUT2D eigenvalue weighted by atomic mass is 10.0. The van der Waals surface area contributed by atoms with Crippen LogP contribution in [0.1, 0.15) is 52.1 Å². The number of imide groups is 1. The van der Waals surface area contributed by atoms with Crippen molar-refractivity contribution in [3.8, 4) is 0 Å². The number of benzene rings is 1. The first kappa shape index (κ1) is 23.5. The molecule has 2 aliphatic rings. The van der Waals surface area contributed by atoms with E-state index in [1.165, 1.54) is 6.08 Å². The van der Waals surface area contributed by atoms with E-state index in [0.29, 0.717) is 18.7 Å². The van der Waals surface area contributed by atoms with Crippen molar-refractivity contribution >= 4 is 40.3 Å². The molecule has 4 amide bonds. The number of hydrogen-bond donors (Lipinski definition) is 2. The van der Waals surface area contributed by atoms with Gasteiger partial charge in [0.1, 0.15) is 11.6 Å². The number of piperidine rings is 1. The average molecular weight is 467 g/mol. The number of amides is 4. The van der Waals surface area contributed by atoms with Crippen molar-refractivity contribution in [2.75, 3.05) is 13.1 Å². The summed E-state index contributed by atoms with van der Waals surface area (Å²) < 4.78 is 7.39. The number of likely N-dealkylation sites (tertiary alicyclic amines) is 1. The maximum absolute atomic E-state index is 12.9.